The number of ether oxygens (including phenoxy) is 4. The third-order valence-corrected chi connectivity index (χ3v) is 21.7. The molecule has 0 saturated carbocycles. The number of para-hydroxylation sites is 4. The quantitative estimate of drug-likeness (QED) is 0.0898. The Bertz CT molecular complexity index is 6000. The number of benzene rings is 11. The van der Waals surface area contributed by atoms with Gasteiger partial charge in [-0.15, -0.1) is 0 Å². The van der Waals surface area contributed by atoms with E-state index in [0.29, 0.717) is 33.9 Å². The van der Waals surface area contributed by atoms with Crippen molar-refractivity contribution in [3.8, 4) is 125 Å². The van der Waals surface area contributed by atoms with Crippen LogP contribution < -0.4 is 28.9 Å². The molecule has 12 nitrogen and oxygen atoms in total. The van der Waals surface area contributed by atoms with Crippen molar-refractivity contribution < 1.29 is 38.4 Å². The summed E-state index contributed by atoms with van der Waals surface area (Å²) >= 11 is 104. The Hall–Kier alpha value is -7.34. The fraction of sp³-hybridized carbons (Fsp3) is 0. The number of halogens is 14. The molecule has 0 amide bonds. The van der Waals surface area contributed by atoms with E-state index >= 15 is 0 Å². The number of hydrogen-bond donors (Lipinski definition) is 0. The predicted octanol–water partition coefficient (Wildman–Crippen LogP) is 27.4. The molecule has 101 heavy (non-hydrogen) atoms. The van der Waals surface area contributed by atoms with Gasteiger partial charge < -0.3 is 48.9 Å². The maximum Gasteiger partial charge on any atom is 2.00 e. The summed E-state index contributed by atoms with van der Waals surface area (Å²) in [5, 5.41) is -1.48. The average Bonchev–Trinajstić information content (AvgIpc) is 1.58. The van der Waals surface area contributed by atoms with Gasteiger partial charge in [-0.1, -0.05) is 314 Å². The summed E-state index contributed by atoms with van der Waals surface area (Å²) in [6, 6.07) is 55.3. The van der Waals surface area contributed by atoms with Crippen LogP contribution in [0.4, 0.5) is 0 Å². The van der Waals surface area contributed by atoms with Crippen molar-refractivity contribution in [2.45, 2.75) is 0 Å². The van der Waals surface area contributed by atoms with Gasteiger partial charge in [0.25, 0.3) is 0 Å². The normalized spacial score (nSPS) is 11.6. The van der Waals surface area contributed by atoms with Gasteiger partial charge in [0.1, 0.15) is 37.3 Å². The molecule has 0 radical (unpaired) electrons. The van der Waals surface area contributed by atoms with Crippen molar-refractivity contribution >= 4 is 207 Å². The molecule has 0 spiro atoms. The molecule has 0 fully saturated rings. The standard InChI is InChI=1S/C74H30Cl14N8O4.Zn/c75-37-26-16-27-38(76)62(37)100-66-57(84)49-45(53(80)61(66)88)68-89-67-42-46(54(81)63(58(85)50(42)77)97-39-28-13-10-23-34(39)31-17-4-1-5-18-31)71(90-67)92-69-43-47(55(82)64(59(86)51(43)78)98-40-29-14-11-24-35(40)32-19-6-2-7-20-32)72(93-69)94-70-44-48(73(95-70)96-74(49)91-68)56(83)65(60(87)52(44)79)99-41-30-15-12-25-36(41)33-21-8-3-9-22-33;/h1-30H;/q-2;+2. The van der Waals surface area contributed by atoms with Crippen LogP contribution in [0.5, 0.6) is 46.0 Å². The number of hydrogen-bond acceptors (Lipinski definition) is 10. The second-order valence-corrected chi connectivity index (χ2v) is 27.5. The van der Waals surface area contributed by atoms with Gasteiger partial charge in [0.05, 0.1) is 73.5 Å². The molecule has 0 aliphatic carbocycles. The first-order chi connectivity index (χ1) is 48.4. The number of fused-ring (bicyclic) bond motifs is 20. The number of nitrogens with zero attached hydrogens (tertiary/aromatic N) is 8. The van der Waals surface area contributed by atoms with Gasteiger partial charge in [-0.05, 0) is 47.0 Å². The maximum atomic E-state index is 7.71. The van der Waals surface area contributed by atoms with Crippen molar-refractivity contribution in [3.63, 3.8) is 0 Å². The molecule has 14 aromatic rings. The summed E-state index contributed by atoms with van der Waals surface area (Å²) < 4.78 is 26.7. The van der Waals surface area contributed by atoms with E-state index in [9.17, 15) is 0 Å². The van der Waals surface area contributed by atoms with E-state index in [-0.39, 0.29) is 208 Å². The van der Waals surface area contributed by atoms with Crippen LogP contribution in [0.3, 0.4) is 0 Å². The minimum Gasteiger partial charge on any atom is -0.453 e. The third kappa shape index (κ3) is 12.0. The smallest absolute Gasteiger partial charge is 0.453 e. The summed E-state index contributed by atoms with van der Waals surface area (Å²) in [5.41, 5.74) is 3.99. The van der Waals surface area contributed by atoms with Crippen LogP contribution in [-0.4, -0.2) is 29.9 Å². The van der Waals surface area contributed by atoms with E-state index in [2.05, 4.69) is 0 Å². The van der Waals surface area contributed by atoms with Crippen LogP contribution in [0.1, 0.15) is 0 Å². The van der Waals surface area contributed by atoms with Crippen LogP contribution in [0.25, 0.3) is 123 Å². The summed E-state index contributed by atoms with van der Waals surface area (Å²) in [5.74, 6) is -0.104. The molecular formula is C74H30Cl14N8O4Zn. The first kappa shape index (κ1) is 69.4. The molecule has 0 atom stereocenters. The van der Waals surface area contributed by atoms with Gasteiger partial charge in [0.15, 0.2) is 28.7 Å². The first-order valence-corrected chi connectivity index (χ1v) is 34.9. The molecule has 2 aliphatic rings. The summed E-state index contributed by atoms with van der Waals surface area (Å²) in [6.07, 6.45) is 0. The van der Waals surface area contributed by atoms with Crippen LogP contribution in [-0.2, 0) is 19.5 Å². The molecule has 3 aromatic heterocycles. The fourth-order valence-electron chi connectivity index (χ4n) is 11.7. The third-order valence-electron chi connectivity index (χ3n) is 16.3. The van der Waals surface area contributed by atoms with Crippen LogP contribution in [0.15, 0.2) is 182 Å². The molecule has 0 N–H and O–H groups in total. The average molecular weight is 1660 g/mol. The minimum atomic E-state index is -0.220. The van der Waals surface area contributed by atoms with Crippen molar-refractivity contribution in [2.24, 2.45) is 0 Å². The van der Waals surface area contributed by atoms with Crippen molar-refractivity contribution in [1.29, 1.82) is 0 Å². The van der Waals surface area contributed by atoms with Gasteiger partial charge in [-0.3, -0.25) is 0 Å². The second kappa shape index (κ2) is 28.0. The Balaban J connectivity index is 0.00000827. The second-order valence-electron chi connectivity index (χ2n) is 22.1. The Morgan fingerprint density at radius 1 is 0.228 bits per heavy atom. The molecule has 2 aliphatic heterocycles. The Morgan fingerprint density at radius 3 is 0.832 bits per heavy atom. The molecule has 0 saturated heterocycles. The van der Waals surface area contributed by atoms with Crippen LogP contribution in [0, 0.1) is 0 Å². The van der Waals surface area contributed by atoms with E-state index in [1.807, 2.05) is 127 Å². The monoisotopic (exact) mass is 1650 g/mol. The van der Waals surface area contributed by atoms with E-state index < -0.39 is 0 Å². The molecule has 0 unspecified atom stereocenters. The molecule has 490 valence electrons. The zero-order chi connectivity index (χ0) is 69.1. The van der Waals surface area contributed by atoms with Gasteiger partial charge in [0, 0.05) is 83.1 Å². The molecule has 8 bridgehead atoms. The molecule has 11 aromatic carbocycles. The number of aromatic nitrogens is 8. The topological polar surface area (TPSA) is 142 Å². The molecule has 27 heteroatoms. The Kier molecular flexibility index (Phi) is 19.3. The van der Waals surface area contributed by atoms with Crippen molar-refractivity contribution in [1.82, 2.24) is 39.9 Å². The van der Waals surface area contributed by atoms with Gasteiger partial charge in [-0.25, -0.2) is 9.97 Å². The predicted molar refractivity (Wildman–Crippen MR) is 407 cm³/mol. The van der Waals surface area contributed by atoms with Crippen LogP contribution in [0.2, 0.25) is 70.3 Å². The SMILES string of the molecule is Clc1cccc(Cl)c1Oc1c(Cl)c(Cl)c2c3nc4nc(nc5[n-]c(nc6nc(nc([n-]3)c2c1Cl)-c1c(Cl)c(Oc2ccccc2-c2ccccc2)c(Cl)c(Cl)c1-6)c1c(Cl)c(Oc2ccccc2-c2ccccc2)c(Cl)c(Cl)c51)-c1c(Cl)c(Oc2ccccc2-c2ccccc2)c(Cl)c(Cl)c1-4.[Zn+2]. The summed E-state index contributed by atoms with van der Waals surface area (Å²) in [7, 11) is 0. The van der Waals surface area contributed by atoms with E-state index in [4.69, 9.17) is 221 Å². The van der Waals surface area contributed by atoms with E-state index in [0.717, 1.165) is 16.7 Å². The van der Waals surface area contributed by atoms with Crippen molar-refractivity contribution in [3.05, 3.63) is 252 Å². The van der Waals surface area contributed by atoms with Crippen LogP contribution >= 0.6 is 162 Å². The fourth-order valence-corrected chi connectivity index (χ4v) is 15.6. The summed E-state index contributed by atoms with van der Waals surface area (Å²) in [6.45, 7) is 0. The molecule has 5 heterocycles. The zero-order valence-corrected chi connectivity index (χ0v) is 64.1. The van der Waals surface area contributed by atoms with E-state index in [1.165, 1.54) is 0 Å². The van der Waals surface area contributed by atoms with E-state index in [1.54, 1.807) is 54.6 Å². The van der Waals surface area contributed by atoms with Gasteiger partial charge >= 0.3 is 19.5 Å². The van der Waals surface area contributed by atoms with Gasteiger partial charge in [-0.2, -0.15) is 0 Å². The maximum absolute atomic E-state index is 7.71. The van der Waals surface area contributed by atoms with Crippen molar-refractivity contribution in [2.75, 3.05) is 0 Å². The Morgan fingerprint density at radius 2 is 0.495 bits per heavy atom. The number of rotatable bonds is 11. The molecule has 16 rings (SSSR count). The summed E-state index contributed by atoms with van der Waals surface area (Å²) in [4.78, 5) is 40.9. The zero-order valence-electron chi connectivity index (χ0n) is 50.5. The largest absolute Gasteiger partial charge is 2.00 e. The Labute approximate surface area is 655 Å². The molecular weight excluding hydrogens is 1630 g/mol. The minimum absolute atomic E-state index is 0. The van der Waals surface area contributed by atoms with Gasteiger partial charge in [0.2, 0.25) is 0 Å². The first-order valence-electron chi connectivity index (χ1n) is 29.6.